The van der Waals surface area contributed by atoms with Gasteiger partial charge in [0, 0.05) is 17.7 Å². The summed E-state index contributed by atoms with van der Waals surface area (Å²) in [6, 6.07) is 0. The third kappa shape index (κ3) is 1.41. The first kappa shape index (κ1) is 8.94. The molecule has 3 nitrogen and oxygen atoms in total. The minimum absolute atomic E-state index is 0.290. The van der Waals surface area contributed by atoms with Crippen LogP contribution in [0.2, 0.25) is 0 Å². The Hall–Kier alpha value is -1.64. The van der Waals surface area contributed by atoms with Crippen molar-refractivity contribution in [3.63, 3.8) is 0 Å². The lowest BCUT2D eigenvalue weighted by atomic mass is 9.95. The van der Waals surface area contributed by atoms with Crippen molar-refractivity contribution in [1.82, 2.24) is 0 Å². The van der Waals surface area contributed by atoms with Crippen LogP contribution >= 0.6 is 0 Å². The molecule has 14 heavy (non-hydrogen) atoms. The molecule has 0 aromatic heterocycles. The molecule has 2 N–H and O–H groups in total. The predicted molar refractivity (Wildman–Crippen MR) is 55.8 cm³/mol. The largest absolute Gasteiger partial charge is 0.369 e. The van der Waals surface area contributed by atoms with Gasteiger partial charge in [0.2, 0.25) is 5.91 Å². The molecule has 72 valence electrons. The molecule has 1 aliphatic heterocycles. The number of allylic oxidation sites excluding steroid dienone is 5. The van der Waals surface area contributed by atoms with Crippen molar-refractivity contribution in [3.8, 4) is 0 Å². The number of nitrogens with zero attached hydrogens (tertiary/aromatic N) is 1. The maximum atomic E-state index is 10.9. The van der Waals surface area contributed by atoms with E-state index in [9.17, 15) is 4.79 Å². The van der Waals surface area contributed by atoms with E-state index in [0.717, 1.165) is 29.0 Å². The molecule has 0 atom stereocenters. The molecule has 0 bridgehead atoms. The Morgan fingerprint density at radius 3 is 3.14 bits per heavy atom. The monoisotopic (exact) mass is 188 g/mol. The molecule has 1 aliphatic carbocycles. The van der Waals surface area contributed by atoms with Crippen molar-refractivity contribution < 1.29 is 4.79 Å². The van der Waals surface area contributed by atoms with E-state index in [4.69, 9.17) is 5.73 Å². The maximum Gasteiger partial charge on any atom is 0.221 e. The van der Waals surface area contributed by atoms with Crippen LogP contribution in [-0.4, -0.2) is 11.6 Å². The molecule has 0 aromatic rings. The molecular formula is C11H12N2O. The van der Waals surface area contributed by atoms with Crippen molar-refractivity contribution >= 4 is 11.6 Å². The number of carbonyl (C=O) groups excluding carboxylic acids is 1. The summed E-state index contributed by atoms with van der Waals surface area (Å²) in [5.74, 6) is -0.300. The number of aliphatic imine (C=N–C) groups is 1. The van der Waals surface area contributed by atoms with Gasteiger partial charge in [-0.2, -0.15) is 0 Å². The molecule has 0 saturated heterocycles. The van der Waals surface area contributed by atoms with E-state index in [2.05, 4.69) is 11.1 Å². The molecule has 3 heteroatoms. The summed E-state index contributed by atoms with van der Waals surface area (Å²) >= 11 is 0. The highest BCUT2D eigenvalue weighted by molar-refractivity contribution is 6.09. The molecular weight excluding hydrogens is 176 g/mol. The molecule has 2 rings (SSSR count). The third-order valence-corrected chi connectivity index (χ3v) is 2.44. The third-order valence-electron chi connectivity index (χ3n) is 2.44. The number of rotatable bonds is 2. The summed E-state index contributed by atoms with van der Waals surface area (Å²) in [5.41, 5.74) is 9.24. The highest BCUT2D eigenvalue weighted by Gasteiger charge is 2.22. The molecule has 0 spiro atoms. The Kier molecular flexibility index (Phi) is 2.08. The normalized spacial score (nSPS) is 19.2. The second-order valence-electron chi connectivity index (χ2n) is 3.48. The first-order chi connectivity index (χ1) is 6.68. The number of fused-ring (bicyclic) bond motifs is 1. The van der Waals surface area contributed by atoms with Crippen LogP contribution < -0.4 is 5.73 Å². The highest BCUT2D eigenvalue weighted by Crippen LogP contribution is 2.30. The maximum absolute atomic E-state index is 10.9. The number of amides is 1. The smallest absolute Gasteiger partial charge is 0.221 e. The SMILES string of the molecule is CC1=C(CC(N)=O)C2=CC=CCC2=N1. The molecule has 0 radical (unpaired) electrons. The predicted octanol–water partition coefficient (Wildman–Crippen LogP) is 1.48. The quantitative estimate of drug-likeness (QED) is 0.701. The number of hydrogen-bond acceptors (Lipinski definition) is 2. The zero-order chi connectivity index (χ0) is 10.1. The van der Waals surface area contributed by atoms with Crippen LogP contribution in [0.25, 0.3) is 0 Å². The van der Waals surface area contributed by atoms with Crippen LogP contribution in [0.15, 0.2) is 40.1 Å². The second-order valence-corrected chi connectivity index (χ2v) is 3.48. The number of primary amides is 1. The number of carbonyl (C=O) groups is 1. The second kappa shape index (κ2) is 3.25. The van der Waals surface area contributed by atoms with E-state index in [0.29, 0.717) is 6.42 Å². The fourth-order valence-electron chi connectivity index (χ4n) is 1.79. The van der Waals surface area contributed by atoms with E-state index in [1.165, 1.54) is 0 Å². The summed E-state index contributed by atoms with van der Waals surface area (Å²) in [6.45, 7) is 1.92. The van der Waals surface area contributed by atoms with E-state index < -0.39 is 0 Å². The van der Waals surface area contributed by atoms with Gasteiger partial charge in [-0.3, -0.25) is 9.79 Å². The number of nitrogens with two attached hydrogens (primary N) is 1. The molecule has 0 fully saturated rings. The first-order valence-corrected chi connectivity index (χ1v) is 4.61. The molecule has 1 heterocycles. The summed E-state index contributed by atoms with van der Waals surface area (Å²) in [7, 11) is 0. The average Bonchev–Trinajstić information content (AvgIpc) is 2.43. The fourth-order valence-corrected chi connectivity index (χ4v) is 1.79. The Bertz CT molecular complexity index is 411. The Balaban J connectivity index is 2.34. The molecule has 2 aliphatic rings. The molecule has 1 amide bonds. The van der Waals surface area contributed by atoms with E-state index >= 15 is 0 Å². The van der Waals surface area contributed by atoms with Crippen molar-refractivity contribution in [2.24, 2.45) is 10.7 Å². The summed E-state index contributed by atoms with van der Waals surface area (Å²) in [4.78, 5) is 15.3. The topological polar surface area (TPSA) is 55.5 Å². The molecule has 0 saturated carbocycles. The minimum Gasteiger partial charge on any atom is -0.369 e. The van der Waals surface area contributed by atoms with Gasteiger partial charge in [0.15, 0.2) is 0 Å². The van der Waals surface area contributed by atoms with Gasteiger partial charge in [0.1, 0.15) is 0 Å². The van der Waals surface area contributed by atoms with Crippen LogP contribution in [0.5, 0.6) is 0 Å². The van der Waals surface area contributed by atoms with Crippen molar-refractivity contribution in [3.05, 3.63) is 35.1 Å². The fraction of sp³-hybridized carbons (Fsp3) is 0.273. The van der Waals surface area contributed by atoms with Crippen LogP contribution in [-0.2, 0) is 4.79 Å². The van der Waals surface area contributed by atoms with Gasteiger partial charge >= 0.3 is 0 Å². The minimum atomic E-state index is -0.300. The van der Waals surface area contributed by atoms with Crippen LogP contribution in [0, 0.1) is 0 Å². The van der Waals surface area contributed by atoms with Gasteiger partial charge in [-0.25, -0.2) is 0 Å². The molecule has 0 unspecified atom stereocenters. The average molecular weight is 188 g/mol. The van der Waals surface area contributed by atoms with E-state index in [1.54, 1.807) is 0 Å². The van der Waals surface area contributed by atoms with Crippen molar-refractivity contribution in [2.75, 3.05) is 0 Å². The van der Waals surface area contributed by atoms with E-state index in [1.807, 2.05) is 19.1 Å². The Morgan fingerprint density at radius 2 is 2.43 bits per heavy atom. The zero-order valence-corrected chi connectivity index (χ0v) is 8.08. The van der Waals surface area contributed by atoms with Gasteiger partial charge in [-0.05, 0) is 12.5 Å². The summed E-state index contributed by atoms with van der Waals surface area (Å²) in [5, 5.41) is 0. The lowest BCUT2D eigenvalue weighted by Gasteiger charge is -2.08. The van der Waals surface area contributed by atoms with E-state index in [-0.39, 0.29) is 5.91 Å². The number of hydrogen-bond donors (Lipinski definition) is 1. The van der Waals surface area contributed by atoms with Crippen LogP contribution in [0.4, 0.5) is 0 Å². The van der Waals surface area contributed by atoms with Crippen LogP contribution in [0.3, 0.4) is 0 Å². The standard InChI is InChI=1S/C11H12N2O/c1-7-9(6-11(12)14)8-4-2-3-5-10(8)13-7/h2-4H,5-6H2,1H3,(H2,12,14). The van der Waals surface area contributed by atoms with Crippen molar-refractivity contribution in [1.29, 1.82) is 0 Å². The highest BCUT2D eigenvalue weighted by atomic mass is 16.1. The molecule has 0 aromatic carbocycles. The lowest BCUT2D eigenvalue weighted by Crippen LogP contribution is -2.13. The van der Waals surface area contributed by atoms with Gasteiger partial charge in [0.05, 0.1) is 12.1 Å². The Labute approximate surface area is 82.7 Å². The Morgan fingerprint density at radius 1 is 1.64 bits per heavy atom. The summed E-state index contributed by atoms with van der Waals surface area (Å²) in [6.07, 6.45) is 7.19. The van der Waals surface area contributed by atoms with Crippen LogP contribution in [0.1, 0.15) is 19.8 Å². The van der Waals surface area contributed by atoms with Gasteiger partial charge in [0.25, 0.3) is 0 Å². The zero-order valence-electron chi connectivity index (χ0n) is 8.08. The van der Waals surface area contributed by atoms with Gasteiger partial charge < -0.3 is 5.73 Å². The summed E-state index contributed by atoms with van der Waals surface area (Å²) < 4.78 is 0. The first-order valence-electron chi connectivity index (χ1n) is 4.61. The van der Waals surface area contributed by atoms with Crippen molar-refractivity contribution in [2.45, 2.75) is 19.8 Å². The van der Waals surface area contributed by atoms with Gasteiger partial charge in [-0.1, -0.05) is 18.2 Å². The van der Waals surface area contributed by atoms with Gasteiger partial charge in [-0.15, -0.1) is 0 Å². The lowest BCUT2D eigenvalue weighted by molar-refractivity contribution is -0.117.